The normalized spacial score (nSPS) is 33.3. The lowest BCUT2D eigenvalue weighted by molar-refractivity contribution is -0.243. The first-order valence-electron chi connectivity index (χ1n) is 8.50. The topological polar surface area (TPSA) is 60.0 Å². The summed E-state index contributed by atoms with van der Waals surface area (Å²) in [5.74, 6) is -0.290. The highest BCUT2D eigenvalue weighted by atomic mass is 19.1. The van der Waals surface area contributed by atoms with Crippen LogP contribution < -0.4 is 5.32 Å². The van der Waals surface area contributed by atoms with Crippen LogP contribution in [0.15, 0.2) is 24.3 Å². The van der Waals surface area contributed by atoms with Crippen molar-refractivity contribution in [3.63, 3.8) is 0 Å². The van der Waals surface area contributed by atoms with Crippen LogP contribution in [0.3, 0.4) is 0 Å². The van der Waals surface area contributed by atoms with Gasteiger partial charge in [0.2, 0.25) is 0 Å². The van der Waals surface area contributed by atoms with Crippen LogP contribution in [0.25, 0.3) is 0 Å². The molecule has 2 N–H and O–H groups in total. The molecule has 5 nitrogen and oxygen atoms in total. The summed E-state index contributed by atoms with van der Waals surface area (Å²) in [4.78, 5) is 0. The van der Waals surface area contributed by atoms with Gasteiger partial charge in [-0.05, 0) is 49.9 Å². The molecule has 6 heteroatoms. The molecule has 1 aromatic carbocycles. The first-order chi connectivity index (χ1) is 11.6. The van der Waals surface area contributed by atoms with Gasteiger partial charge in [-0.15, -0.1) is 0 Å². The third-order valence-corrected chi connectivity index (χ3v) is 5.29. The van der Waals surface area contributed by atoms with Crippen LogP contribution in [0, 0.1) is 11.7 Å². The fourth-order valence-corrected chi connectivity index (χ4v) is 4.15. The maximum atomic E-state index is 13.1. The van der Waals surface area contributed by atoms with E-state index in [0.717, 1.165) is 24.9 Å². The summed E-state index contributed by atoms with van der Waals surface area (Å²) in [6, 6.07) is 6.06. The molecule has 1 heterocycles. The second-order valence-corrected chi connectivity index (χ2v) is 6.67. The molecule has 1 aromatic rings. The number of hydrogen-bond acceptors (Lipinski definition) is 5. The minimum atomic E-state index is -0.995. The zero-order valence-electron chi connectivity index (χ0n) is 14.2. The minimum absolute atomic E-state index is 0.0171. The van der Waals surface area contributed by atoms with Crippen LogP contribution in [-0.2, 0) is 14.2 Å². The van der Waals surface area contributed by atoms with Crippen LogP contribution in [-0.4, -0.2) is 50.0 Å². The van der Waals surface area contributed by atoms with Crippen LogP contribution in [0.1, 0.15) is 25.7 Å². The first-order valence-corrected chi connectivity index (χ1v) is 8.50. The molecule has 0 radical (unpaired) electrons. The zero-order chi connectivity index (χ0) is 17.2. The van der Waals surface area contributed by atoms with Crippen molar-refractivity contribution in [2.24, 2.45) is 5.92 Å². The van der Waals surface area contributed by atoms with E-state index in [-0.39, 0.29) is 23.9 Å². The molecule has 0 amide bonds. The predicted molar refractivity (Wildman–Crippen MR) is 88.3 cm³/mol. The summed E-state index contributed by atoms with van der Waals surface area (Å²) in [5, 5.41) is 14.8. The molecule has 0 aromatic heterocycles. The Morgan fingerprint density at radius 1 is 1.25 bits per heavy atom. The Morgan fingerprint density at radius 2 is 1.96 bits per heavy atom. The Morgan fingerprint density at radius 3 is 2.62 bits per heavy atom. The maximum absolute atomic E-state index is 13.1. The zero-order valence-corrected chi connectivity index (χ0v) is 14.2. The highest BCUT2D eigenvalue weighted by molar-refractivity contribution is 5.45. The number of anilines is 1. The summed E-state index contributed by atoms with van der Waals surface area (Å²) in [5.41, 5.74) is -0.196. The highest BCUT2D eigenvalue weighted by Gasteiger charge is 2.54. The molecular formula is C18H26FNO4. The number of ether oxygens (including phenoxy) is 3. The Balaban J connectivity index is 1.80. The van der Waals surface area contributed by atoms with E-state index in [1.165, 1.54) is 12.1 Å². The van der Waals surface area contributed by atoms with E-state index in [2.05, 4.69) is 5.32 Å². The van der Waals surface area contributed by atoms with Gasteiger partial charge in [0.15, 0.2) is 6.29 Å². The van der Waals surface area contributed by atoms with Crippen LogP contribution >= 0.6 is 0 Å². The number of rotatable bonds is 5. The first kappa shape index (κ1) is 17.6. The third-order valence-electron chi connectivity index (χ3n) is 5.29. The van der Waals surface area contributed by atoms with Crippen molar-refractivity contribution in [2.45, 2.75) is 49.7 Å². The Hall–Kier alpha value is -1.21. The molecule has 4 atom stereocenters. The van der Waals surface area contributed by atoms with Gasteiger partial charge in [0.25, 0.3) is 0 Å². The van der Waals surface area contributed by atoms with Crippen LogP contribution in [0.4, 0.5) is 10.1 Å². The lowest BCUT2D eigenvalue weighted by atomic mass is 9.68. The monoisotopic (exact) mass is 339 g/mol. The summed E-state index contributed by atoms with van der Waals surface area (Å²) < 4.78 is 29.9. The maximum Gasteiger partial charge on any atom is 0.162 e. The van der Waals surface area contributed by atoms with E-state index in [4.69, 9.17) is 14.2 Å². The standard InChI is InChI=1S/C18H26FNO4/c1-22-17(23-2)14-8-9-15(18(21)10-3-11-24-16(14)18)20-13-6-4-12(19)5-7-13/h4-7,14-17,20-21H,3,8-11H2,1-2H3/t14?,15-,16-,18-/m1/s1. The average Bonchev–Trinajstić information content (AvgIpc) is 2.59. The quantitative estimate of drug-likeness (QED) is 0.808. The molecule has 1 aliphatic heterocycles. The molecule has 1 saturated carbocycles. The summed E-state index contributed by atoms with van der Waals surface area (Å²) in [7, 11) is 3.22. The lowest BCUT2D eigenvalue weighted by Crippen LogP contribution is -2.65. The van der Waals surface area contributed by atoms with Gasteiger partial charge in [-0.25, -0.2) is 4.39 Å². The van der Waals surface area contributed by atoms with Gasteiger partial charge in [-0.2, -0.15) is 0 Å². The molecule has 24 heavy (non-hydrogen) atoms. The number of hydrogen-bond donors (Lipinski definition) is 2. The van der Waals surface area contributed by atoms with E-state index in [1.807, 2.05) is 0 Å². The predicted octanol–water partition coefficient (Wildman–Crippen LogP) is 2.55. The Kier molecular flexibility index (Phi) is 5.39. The molecule has 1 saturated heterocycles. The van der Waals surface area contributed by atoms with Crippen molar-refractivity contribution < 1.29 is 23.7 Å². The fraction of sp³-hybridized carbons (Fsp3) is 0.667. The number of benzene rings is 1. The smallest absolute Gasteiger partial charge is 0.162 e. The van der Waals surface area contributed by atoms with Crippen molar-refractivity contribution in [1.82, 2.24) is 0 Å². The number of halogens is 1. The molecule has 2 aliphatic rings. The second-order valence-electron chi connectivity index (χ2n) is 6.67. The number of methoxy groups -OCH3 is 2. The Bertz CT molecular complexity index is 536. The number of nitrogens with one attached hydrogen (secondary N) is 1. The van der Waals surface area contributed by atoms with Gasteiger partial charge in [0, 0.05) is 32.4 Å². The van der Waals surface area contributed by atoms with E-state index >= 15 is 0 Å². The van der Waals surface area contributed by atoms with Gasteiger partial charge in [-0.3, -0.25) is 0 Å². The molecule has 0 spiro atoms. The molecule has 1 aliphatic carbocycles. The molecule has 3 rings (SSSR count). The van der Waals surface area contributed by atoms with E-state index < -0.39 is 11.9 Å². The van der Waals surface area contributed by atoms with Crippen molar-refractivity contribution >= 4 is 5.69 Å². The van der Waals surface area contributed by atoms with Crippen molar-refractivity contribution in [2.75, 3.05) is 26.1 Å². The van der Waals surface area contributed by atoms with Crippen molar-refractivity contribution in [3.05, 3.63) is 30.1 Å². The van der Waals surface area contributed by atoms with Crippen molar-refractivity contribution in [3.8, 4) is 0 Å². The molecular weight excluding hydrogens is 313 g/mol. The van der Waals surface area contributed by atoms with Crippen molar-refractivity contribution in [1.29, 1.82) is 0 Å². The number of aliphatic hydroxyl groups is 1. The molecule has 0 bridgehead atoms. The highest BCUT2D eigenvalue weighted by Crippen LogP contribution is 2.43. The lowest BCUT2D eigenvalue weighted by Gasteiger charge is -2.52. The Labute approximate surface area is 142 Å². The third kappa shape index (κ3) is 3.28. The summed E-state index contributed by atoms with van der Waals surface area (Å²) in [6.07, 6.45) is 2.31. The van der Waals surface area contributed by atoms with E-state index in [1.54, 1.807) is 26.4 Å². The van der Waals surface area contributed by atoms with Gasteiger partial charge in [0.1, 0.15) is 11.4 Å². The average molecular weight is 339 g/mol. The van der Waals surface area contributed by atoms with Gasteiger partial charge in [-0.1, -0.05) is 0 Å². The minimum Gasteiger partial charge on any atom is -0.385 e. The van der Waals surface area contributed by atoms with Gasteiger partial charge in [0.05, 0.1) is 12.1 Å². The largest absolute Gasteiger partial charge is 0.385 e. The van der Waals surface area contributed by atoms with E-state index in [0.29, 0.717) is 13.0 Å². The van der Waals surface area contributed by atoms with E-state index in [9.17, 15) is 9.50 Å². The fourth-order valence-electron chi connectivity index (χ4n) is 4.15. The molecule has 2 fully saturated rings. The van der Waals surface area contributed by atoms with Crippen LogP contribution in [0.2, 0.25) is 0 Å². The van der Waals surface area contributed by atoms with Crippen LogP contribution in [0.5, 0.6) is 0 Å². The van der Waals surface area contributed by atoms with Gasteiger partial charge < -0.3 is 24.6 Å². The SMILES string of the molecule is COC(OC)C1CC[C@@H](Nc2ccc(F)cc2)[C@]2(O)CCCO[C@H]12. The molecule has 1 unspecified atom stereocenters. The molecule has 134 valence electrons. The summed E-state index contributed by atoms with van der Waals surface area (Å²) >= 11 is 0. The van der Waals surface area contributed by atoms with Gasteiger partial charge >= 0.3 is 0 Å². The number of fused-ring (bicyclic) bond motifs is 1. The summed E-state index contributed by atoms with van der Waals surface area (Å²) in [6.45, 7) is 0.632. The second kappa shape index (κ2) is 7.35.